The van der Waals surface area contributed by atoms with Crippen LogP contribution in [0.1, 0.15) is 18.9 Å². The molecular weight excluding hydrogens is 313 g/mol. The topological polar surface area (TPSA) is 32.6 Å². The van der Waals surface area contributed by atoms with E-state index in [4.69, 9.17) is 0 Å². The molecule has 16 heavy (non-hydrogen) atoms. The third-order valence-corrected chi connectivity index (χ3v) is 1.89. The maximum Gasteiger partial charge on any atom is 0.171 e. The first kappa shape index (κ1) is 15.1. The van der Waals surface area contributed by atoms with Gasteiger partial charge in [-0.2, -0.15) is 0 Å². The number of nitrogens with one attached hydrogen (secondary N) is 1. The van der Waals surface area contributed by atoms with Crippen LogP contribution in [0.3, 0.4) is 0 Å². The number of H-pyrrole nitrogens is 1. The van der Waals surface area contributed by atoms with Crippen LogP contribution in [0.5, 0.6) is 0 Å². The Labute approximate surface area is 114 Å². The Kier molecular flexibility index (Phi) is 8.80. The molecule has 0 radical (unpaired) electrons. The number of rotatable bonds is 2. The molecule has 2 heterocycles. The van der Waals surface area contributed by atoms with Crippen molar-refractivity contribution in [2.24, 2.45) is 0 Å². The van der Waals surface area contributed by atoms with E-state index in [0.29, 0.717) is 0 Å². The molecule has 2 aromatic heterocycles. The molecule has 0 saturated carbocycles. The maximum atomic E-state index is 3.67. The Morgan fingerprint density at radius 2 is 2.25 bits per heavy atom. The van der Waals surface area contributed by atoms with Crippen LogP contribution < -0.4 is 28.5 Å². The highest BCUT2D eigenvalue weighted by molar-refractivity contribution is 5.01. The summed E-state index contributed by atoms with van der Waals surface area (Å²) in [6, 6.07) is 4.21. The van der Waals surface area contributed by atoms with Crippen molar-refractivity contribution in [3.8, 4) is 0 Å². The van der Waals surface area contributed by atoms with Crippen LogP contribution in [-0.2, 0) is 6.54 Å². The van der Waals surface area contributed by atoms with Gasteiger partial charge in [-0.05, 0) is 13.0 Å². The Morgan fingerprint density at radius 1 is 1.44 bits per heavy atom. The van der Waals surface area contributed by atoms with Gasteiger partial charge < -0.3 is 29.0 Å². The lowest BCUT2D eigenvalue weighted by atomic mass is 10.3. The minimum atomic E-state index is 0. The molecule has 0 bridgehead atoms. The molecule has 0 unspecified atom stereocenters. The van der Waals surface area contributed by atoms with Crippen molar-refractivity contribution in [2.45, 2.75) is 26.8 Å². The van der Waals surface area contributed by atoms with E-state index < -0.39 is 0 Å². The summed E-state index contributed by atoms with van der Waals surface area (Å²) in [6.45, 7) is 5.43. The molecule has 0 saturated heterocycles. The number of aryl methyl sites for hydroxylation is 2. The molecule has 2 aromatic rings. The minimum absolute atomic E-state index is 0. The van der Waals surface area contributed by atoms with Crippen molar-refractivity contribution in [3.63, 3.8) is 0 Å². The number of hydrogen-bond donors (Lipinski definition) is 1. The normalized spacial score (nSPS) is 8.62. The number of nitrogens with zero attached hydrogens (tertiary/aromatic N) is 2. The first-order valence-electron chi connectivity index (χ1n) is 5.21. The summed E-state index contributed by atoms with van der Waals surface area (Å²) in [7, 11) is 0. The fourth-order valence-corrected chi connectivity index (χ4v) is 1.27. The van der Waals surface area contributed by atoms with Gasteiger partial charge in [0, 0.05) is 30.4 Å². The van der Waals surface area contributed by atoms with Gasteiger partial charge in [0.15, 0.2) is 12.4 Å². The van der Waals surface area contributed by atoms with Crippen LogP contribution in [0.25, 0.3) is 0 Å². The summed E-state index contributed by atoms with van der Waals surface area (Å²) >= 11 is 0. The van der Waals surface area contributed by atoms with Crippen molar-refractivity contribution < 1.29 is 28.5 Å². The third-order valence-electron chi connectivity index (χ3n) is 1.89. The summed E-state index contributed by atoms with van der Waals surface area (Å²) in [6.07, 6.45) is 10.6. The summed E-state index contributed by atoms with van der Waals surface area (Å²) < 4.78 is 2.22. The predicted octanol–water partition coefficient (Wildman–Crippen LogP) is -0.894. The molecule has 0 aliphatic rings. The second-order valence-electron chi connectivity index (χ2n) is 3.38. The smallest absolute Gasteiger partial charge is 0.171 e. The SMILES string of the molecule is CCC[n+]1cccc(C)c1.[I-].c1c[nH]cn1. The van der Waals surface area contributed by atoms with Crippen molar-refractivity contribution in [3.05, 3.63) is 48.8 Å². The quantitative estimate of drug-likeness (QED) is 0.562. The fraction of sp³-hybridized carbons (Fsp3) is 0.333. The van der Waals surface area contributed by atoms with Gasteiger partial charge in [0.25, 0.3) is 0 Å². The van der Waals surface area contributed by atoms with Gasteiger partial charge in [0.1, 0.15) is 6.54 Å². The standard InChI is InChI=1S/C9H14N.C3H4N2.HI/c1-3-6-10-7-4-5-9(2)8-10;1-2-5-3-4-1;/h4-5,7-8H,3,6H2,1-2H3;1-3H,(H,4,5);1H/q+1;;/p-1. The Balaban J connectivity index is 0.000000318. The van der Waals surface area contributed by atoms with Crippen LogP contribution in [0.4, 0.5) is 0 Å². The van der Waals surface area contributed by atoms with Gasteiger partial charge >= 0.3 is 0 Å². The van der Waals surface area contributed by atoms with E-state index in [9.17, 15) is 0 Å². The van der Waals surface area contributed by atoms with Crippen LogP contribution in [0, 0.1) is 6.92 Å². The molecule has 3 nitrogen and oxygen atoms in total. The molecule has 0 aliphatic carbocycles. The van der Waals surface area contributed by atoms with Gasteiger partial charge in [-0.1, -0.05) is 6.92 Å². The van der Waals surface area contributed by atoms with Crippen molar-refractivity contribution in [1.29, 1.82) is 0 Å². The highest BCUT2D eigenvalue weighted by Gasteiger charge is 1.95. The van der Waals surface area contributed by atoms with Crippen molar-refractivity contribution in [1.82, 2.24) is 9.97 Å². The van der Waals surface area contributed by atoms with Crippen LogP contribution >= 0.6 is 0 Å². The monoisotopic (exact) mass is 331 g/mol. The fourth-order valence-electron chi connectivity index (χ4n) is 1.27. The third kappa shape index (κ3) is 6.55. The lowest BCUT2D eigenvalue weighted by Crippen LogP contribution is -3.00. The average molecular weight is 331 g/mol. The highest BCUT2D eigenvalue weighted by Crippen LogP contribution is 1.89. The second-order valence-corrected chi connectivity index (χ2v) is 3.38. The zero-order valence-corrected chi connectivity index (χ0v) is 11.9. The summed E-state index contributed by atoms with van der Waals surface area (Å²) in [5, 5.41) is 0. The van der Waals surface area contributed by atoms with Crippen molar-refractivity contribution >= 4 is 0 Å². The van der Waals surface area contributed by atoms with Gasteiger partial charge in [-0.25, -0.2) is 9.55 Å². The summed E-state index contributed by atoms with van der Waals surface area (Å²) in [5.41, 5.74) is 1.33. The lowest BCUT2D eigenvalue weighted by molar-refractivity contribution is -0.697. The molecule has 1 N–H and O–H groups in total. The molecule has 0 atom stereocenters. The van der Waals surface area contributed by atoms with E-state index in [1.807, 2.05) is 0 Å². The number of pyridine rings is 1. The van der Waals surface area contributed by atoms with Gasteiger partial charge in [0.2, 0.25) is 0 Å². The number of aromatic nitrogens is 3. The maximum absolute atomic E-state index is 3.67. The Bertz CT molecular complexity index is 343. The Hall–Kier alpha value is -0.910. The first-order valence-corrected chi connectivity index (χ1v) is 5.21. The van der Waals surface area contributed by atoms with Gasteiger partial charge in [0.05, 0.1) is 6.33 Å². The Morgan fingerprint density at radius 3 is 2.69 bits per heavy atom. The number of halogens is 1. The van der Waals surface area contributed by atoms with E-state index >= 15 is 0 Å². The van der Waals surface area contributed by atoms with E-state index in [1.54, 1.807) is 18.7 Å². The predicted molar refractivity (Wildman–Crippen MR) is 60.3 cm³/mol. The van der Waals surface area contributed by atoms with Gasteiger partial charge in [-0.3, -0.25) is 0 Å². The lowest BCUT2D eigenvalue weighted by Gasteiger charge is -1.92. The molecule has 0 spiro atoms. The highest BCUT2D eigenvalue weighted by atomic mass is 127. The molecule has 0 aromatic carbocycles. The number of hydrogen-bond acceptors (Lipinski definition) is 1. The number of imidazole rings is 1. The van der Waals surface area contributed by atoms with E-state index in [1.165, 1.54) is 12.0 Å². The minimum Gasteiger partial charge on any atom is -1.00 e. The van der Waals surface area contributed by atoms with E-state index in [2.05, 4.69) is 52.9 Å². The molecule has 0 aliphatic heterocycles. The molecule has 0 amide bonds. The van der Waals surface area contributed by atoms with Gasteiger partial charge in [-0.15, -0.1) is 0 Å². The zero-order valence-electron chi connectivity index (χ0n) is 9.73. The molecule has 2 rings (SSSR count). The molecular formula is C12H18IN3. The summed E-state index contributed by atoms with van der Waals surface area (Å²) in [4.78, 5) is 6.42. The van der Waals surface area contributed by atoms with Crippen LogP contribution in [-0.4, -0.2) is 9.97 Å². The van der Waals surface area contributed by atoms with Crippen LogP contribution in [0.15, 0.2) is 43.2 Å². The average Bonchev–Trinajstić information content (AvgIpc) is 2.76. The van der Waals surface area contributed by atoms with E-state index in [0.717, 1.165) is 6.54 Å². The first-order chi connectivity index (χ1) is 7.33. The largest absolute Gasteiger partial charge is 1.00 e. The second kappa shape index (κ2) is 9.33. The molecule has 88 valence electrons. The zero-order chi connectivity index (χ0) is 10.9. The summed E-state index contributed by atoms with van der Waals surface area (Å²) in [5.74, 6) is 0. The van der Waals surface area contributed by atoms with Crippen molar-refractivity contribution in [2.75, 3.05) is 0 Å². The van der Waals surface area contributed by atoms with E-state index in [-0.39, 0.29) is 24.0 Å². The molecule has 4 heteroatoms. The van der Waals surface area contributed by atoms with Crippen LogP contribution in [0.2, 0.25) is 0 Å². The number of aromatic amines is 1. The molecule has 0 fully saturated rings.